The van der Waals surface area contributed by atoms with E-state index in [1.54, 1.807) is 76.4 Å². The summed E-state index contributed by atoms with van der Waals surface area (Å²) in [6.07, 6.45) is 5.50. The van der Waals surface area contributed by atoms with Crippen LogP contribution in [0.3, 0.4) is 0 Å². The second-order valence-corrected chi connectivity index (χ2v) is 12.8. The highest BCUT2D eigenvalue weighted by molar-refractivity contribution is 9.10. The minimum absolute atomic E-state index is 0.248. The van der Waals surface area contributed by atoms with E-state index in [0.717, 1.165) is 21.2 Å². The summed E-state index contributed by atoms with van der Waals surface area (Å²) in [4.78, 5) is 29.9. The predicted octanol–water partition coefficient (Wildman–Crippen LogP) is 7.47. The van der Waals surface area contributed by atoms with Crippen LogP contribution in [-0.4, -0.2) is 31.4 Å². The predicted molar refractivity (Wildman–Crippen MR) is 192 cm³/mol. The second kappa shape index (κ2) is 14.8. The molecule has 0 aliphatic rings. The Morgan fingerprint density at radius 2 is 1.16 bits per heavy atom. The number of anilines is 2. The number of aromatic nitrogens is 4. The van der Waals surface area contributed by atoms with Crippen LogP contribution in [0.2, 0.25) is 0 Å². The third kappa shape index (κ3) is 7.47. The Morgan fingerprint density at radius 3 is 1.60 bits per heavy atom. The van der Waals surface area contributed by atoms with Crippen molar-refractivity contribution in [3.05, 3.63) is 178 Å². The molecule has 252 valence electrons. The average Bonchev–Trinajstić information content (AvgIpc) is 3.76. The molecule has 0 bridgehead atoms. The fourth-order valence-corrected chi connectivity index (χ4v) is 6.23. The zero-order valence-corrected chi connectivity index (χ0v) is 28.5. The highest BCUT2D eigenvalue weighted by atomic mass is 79.9. The fourth-order valence-electron chi connectivity index (χ4n) is 5.97. The van der Waals surface area contributed by atoms with E-state index < -0.39 is 17.2 Å². The molecular formula is C39H33BrF2N6O2. The lowest BCUT2D eigenvalue weighted by atomic mass is 9.70. The van der Waals surface area contributed by atoms with Crippen LogP contribution >= 0.6 is 15.9 Å². The molecule has 2 aromatic heterocycles. The molecule has 4 aromatic carbocycles. The van der Waals surface area contributed by atoms with Gasteiger partial charge >= 0.3 is 0 Å². The molecule has 1 atom stereocenters. The summed E-state index contributed by atoms with van der Waals surface area (Å²) in [5.74, 6) is -1.38. The van der Waals surface area contributed by atoms with Gasteiger partial charge in [-0.3, -0.25) is 19.0 Å². The van der Waals surface area contributed by atoms with Gasteiger partial charge in [-0.15, -0.1) is 6.58 Å². The third-order valence-corrected chi connectivity index (χ3v) is 8.93. The standard InChI is InChI=1S/C39H33BrF2N6O2/c1-2-3-27-4-10-30(11-5-27)39(24-35(43)49,31-12-14-32(40)15-13-31)38(50)48(36-20-22-46(44-36)25-28-6-16-33(41)17-7-28)37-21-23-47(45-37)26-29-8-18-34(42)19-9-29/h2,4-23H,1,3,24-26H2,(H2,43,49). The number of hydrogen-bond donors (Lipinski definition) is 1. The molecule has 2 amide bonds. The summed E-state index contributed by atoms with van der Waals surface area (Å²) in [6, 6.07) is 30.2. The second-order valence-electron chi connectivity index (χ2n) is 11.9. The number of primary amides is 1. The number of amides is 2. The Labute approximate surface area is 296 Å². The van der Waals surface area contributed by atoms with E-state index in [-0.39, 0.29) is 29.7 Å². The van der Waals surface area contributed by atoms with Crippen molar-refractivity contribution < 1.29 is 18.4 Å². The van der Waals surface area contributed by atoms with Gasteiger partial charge in [-0.25, -0.2) is 13.7 Å². The van der Waals surface area contributed by atoms with Crippen molar-refractivity contribution in [1.29, 1.82) is 0 Å². The van der Waals surface area contributed by atoms with E-state index in [2.05, 4.69) is 22.5 Å². The lowest BCUT2D eigenvalue weighted by molar-refractivity contribution is -0.127. The molecule has 2 heterocycles. The van der Waals surface area contributed by atoms with Crippen LogP contribution in [0.15, 0.2) is 139 Å². The Balaban J connectivity index is 1.50. The number of halogens is 3. The normalized spacial score (nSPS) is 12.3. The maximum absolute atomic E-state index is 15.5. The summed E-state index contributed by atoms with van der Waals surface area (Å²) in [5, 5.41) is 9.53. The molecule has 0 saturated heterocycles. The molecule has 1 unspecified atom stereocenters. The Morgan fingerprint density at radius 1 is 0.720 bits per heavy atom. The van der Waals surface area contributed by atoms with Gasteiger partial charge in [0.25, 0.3) is 0 Å². The number of carbonyl (C=O) groups excluding carboxylic acids is 2. The minimum Gasteiger partial charge on any atom is -0.370 e. The number of hydrogen-bond acceptors (Lipinski definition) is 4. The highest BCUT2D eigenvalue weighted by Gasteiger charge is 2.47. The van der Waals surface area contributed by atoms with Crippen LogP contribution in [-0.2, 0) is 34.5 Å². The molecule has 0 aliphatic carbocycles. The molecule has 11 heteroatoms. The monoisotopic (exact) mass is 734 g/mol. The van der Waals surface area contributed by atoms with Crippen LogP contribution in [0.4, 0.5) is 20.4 Å². The van der Waals surface area contributed by atoms with Gasteiger partial charge < -0.3 is 5.73 Å². The van der Waals surface area contributed by atoms with E-state index in [1.807, 2.05) is 36.4 Å². The number of carbonyl (C=O) groups is 2. The third-order valence-electron chi connectivity index (χ3n) is 8.40. The van der Waals surface area contributed by atoms with Crippen molar-refractivity contribution in [3.63, 3.8) is 0 Å². The van der Waals surface area contributed by atoms with E-state index >= 15 is 4.79 Å². The van der Waals surface area contributed by atoms with Gasteiger partial charge in [0.05, 0.1) is 13.1 Å². The number of rotatable bonds is 13. The van der Waals surface area contributed by atoms with E-state index in [0.29, 0.717) is 30.6 Å². The van der Waals surface area contributed by atoms with Crippen LogP contribution in [0, 0.1) is 11.6 Å². The molecule has 8 nitrogen and oxygen atoms in total. The zero-order valence-electron chi connectivity index (χ0n) is 26.9. The molecule has 50 heavy (non-hydrogen) atoms. The first-order valence-corrected chi connectivity index (χ1v) is 16.6. The van der Waals surface area contributed by atoms with E-state index in [9.17, 15) is 13.6 Å². The molecule has 6 rings (SSSR count). The van der Waals surface area contributed by atoms with Crippen LogP contribution in [0.1, 0.15) is 34.2 Å². The molecule has 6 aromatic rings. The maximum atomic E-state index is 15.5. The lowest BCUT2D eigenvalue weighted by Crippen LogP contribution is -2.48. The number of nitrogens with zero attached hydrogens (tertiary/aromatic N) is 5. The van der Waals surface area contributed by atoms with Crippen LogP contribution < -0.4 is 10.6 Å². The van der Waals surface area contributed by atoms with Crippen molar-refractivity contribution in [2.75, 3.05) is 4.90 Å². The number of nitrogens with two attached hydrogens (primary N) is 1. The molecular weight excluding hydrogens is 702 g/mol. The summed E-state index contributed by atoms with van der Waals surface area (Å²) in [7, 11) is 0. The Bertz CT molecular complexity index is 2020. The first-order valence-electron chi connectivity index (χ1n) is 15.8. The molecule has 0 radical (unpaired) electrons. The Kier molecular flexibility index (Phi) is 10.1. The maximum Gasteiger partial charge on any atom is 0.249 e. The van der Waals surface area contributed by atoms with Gasteiger partial charge in [-0.1, -0.05) is 82.7 Å². The van der Waals surface area contributed by atoms with Gasteiger partial charge in [0.2, 0.25) is 11.8 Å². The van der Waals surface area contributed by atoms with Crippen molar-refractivity contribution in [2.45, 2.75) is 31.3 Å². The van der Waals surface area contributed by atoms with E-state index in [1.165, 1.54) is 29.2 Å². The van der Waals surface area contributed by atoms with Gasteiger partial charge in [-0.05, 0) is 70.6 Å². The first kappa shape index (κ1) is 34.2. The summed E-state index contributed by atoms with van der Waals surface area (Å²) in [6.45, 7) is 4.45. The van der Waals surface area contributed by atoms with Gasteiger partial charge in [0.15, 0.2) is 11.6 Å². The van der Waals surface area contributed by atoms with Crippen molar-refractivity contribution in [3.8, 4) is 0 Å². The smallest absolute Gasteiger partial charge is 0.249 e. The van der Waals surface area contributed by atoms with Crippen molar-refractivity contribution in [1.82, 2.24) is 19.6 Å². The highest BCUT2D eigenvalue weighted by Crippen LogP contribution is 2.41. The molecule has 2 N–H and O–H groups in total. The largest absolute Gasteiger partial charge is 0.370 e. The quantitative estimate of drug-likeness (QED) is 0.125. The van der Waals surface area contributed by atoms with Crippen molar-refractivity contribution in [2.24, 2.45) is 5.73 Å². The number of allylic oxidation sites excluding steroid dienone is 1. The summed E-state index contributed by atoms with van der Waals surface area (Å²) >= 11 is 3.49. The summed E-state index contributed by atoms with van der Waals surface area (Å²) < 4.78 is 31.3. The molecule has 0 saturated carbocycles. The zero-order chi connectivity index (χ0) is 35.3. The van der Waals surface area contributed by atoms with Crippen LogP contribution in [0.5, 0.6) is 0 Å². The Hall–Kier alpha value is -5.68. The molecule has 0 aliphatic heterocycles. The SMILES string of the molecule is C=CCc1ccc(C(CC(N)=O)(C(=O)N(c2ccn(Cc3ccc(F)cc3)n2)c2ccn(Cc3ccc(F)cc3)n2)c2ccc(Br)cc2)cc1. The molecule has 0 fully saturated rings. The van der Waals surface area contributed by atoms with Crippen molar-refractivity contribution >= 4 is 39.4 Å². The average molecular weight is 736 g/mol. The first-order chi connectivity index (χ1) is 24.1. The topological polar surface area (TPSA) is 99.0 Å². The van der Waals surface area contributed by atoms with Gasteiger partial charge in [-0.2, -0.15) is 10.2 Å². The summed E-state index contributed by atoms with van der Waals surface area (Å²) in [5.41, 5.74) is 8.05. The fraction of sp³-hybridized carbons (Fsp3) is 0.128. The number of benzene rings is 4. The van der Waals surface area contributed by atoms with Gasteiger partial charge in [0.1, 0.15) is 17.0 Å². The minimum atomic E-state index is -1.60. The molecule has 0 spiro atoms. The van der Waals surface area contributed by atoms with E-state index in [4.69, 9.17) is 15.9 Å². The van der Waals surface area contributed by atoms with Gasteiger partial charge in [0, 0.05) is 35.4 Å². The van der Waals surface area contributed by atoms with Crippen LogP contribution in [0.25, 0.3) is 0 Å². The lowest BCUT2D eigenvalue weighted by Gasteiger charge is -2.36.